The zero-order chi connectivity index (χ0) is 31.8. The molecule has 8 rings (SSSR count). The molecule has 0 amide bonds. The van der Waals surface area contributed by atoms with Crippen LogP contribution in [-0.2, 0) is 22.7 Å². The lowest BCUT2D eigenvalue weighted by molar-refractivity contribution is 0.336. The topological polar surface area (TPSA) is 0 Å². The highest BCUT2D eigenvalue weighted by atomic mass is 14.6. The third kappa shape index (κ3) is 3.55. The predicted molar refractivity (Wildman–Crippen MR) is 194 cm³/mol. The van der Waals surface area contributed by atoms with E-state index in [0.29, 0.717) is 17.8 Å². The molecular formula is C45H48. The Morgan fingerprint density at radius 2 is 1.40 bits per heavy atom. The van der Waals surface area contributed by atoms with Gasteiger partial charge in [-0.15, -0.1) is 0 Å². The summed E-state index contributed by atoms with van der Waals surface area (Å²) in [6.07, 6.45) is 6.22. The summed E-state index contributed by atoms with van der Waals surface area (Å²) in [7, 11) is 0. The van der Waals surface area contributed by atoms with E-state index in [0.717, 1.165) is 6.42 Å². The number of hydrogen-bond donors (Lipinski definition) is 0. The van der Waals surface area contributed by atoms with Crippen LogP contribution in [0.2, 0.25) is 0 Å². The van der Waals surface area contributed by atoms with Crippen molar-refractivity contribution >= 4 is 21.9 Å². The molecule has 0 nitrogen and oxygen atoms in total. The van der Waals surface area contributed by atoms with Gasteiger partial charge in [0.15, 0.2) is 0 Å². The first-order valence-electron chi connectivity index (χ1n) is 17.3. The van der Waals surface area contributed by atoms with Crippen LogP contribution in [0.5, 0.6) is 0 Å². The molecule has 0 saturated carbocycles. The molecule has 0 bridgehead atoms. The van der Waals surface area contributed by atoms with E-state index in [1.54, 1.807) is 16.7 Å². The summed E-state index contributed by atoms with van der Waals surface area (Å²) in [5, 5.41) is 2.81. The highest BCUT2D eigenvalue weighted by Crippen LogP contribution is 2.68. The third-order valence-corrected chi connectivity index (χ3v) is 11.9. The lowest BCUT2D eigenvalue weighted by Crippen LogP contribution is -2.39. The molecule has 4 aromatic carbocycles. The van der Waals surface area contributed by atoms with Crippen LogP contribution in [0.15, 0.2) is 90.0 Å². The smallest absolute Gasteiger partial charge is 0.0473 e. The van der Waals surface area contributed by atoms with Crippen molar-refractivity contribution in [2.24, 2.45) is 17.8 Å². The molecule has 0 aliphatic heterocycles. The van der Waals surface area contributed by atoms with Crippen LogP contribution in [0.1, 0.15) is 108 Å². The van der Waals surface area contributed by atoms with Gasteiger partial charge in [0.25, 0.3) is 0 Å². The molecule has 0 N–H and O–H groups in total. The molecule has 4 aliphatic rings. The number of hydrogen-bond acceptors (Lipinski definition) is 0. The van der Waals surface area contributed by atoms with Crippen molar-refractivity contribution in [2.75, 3.05) is 0 Å². The van der Waals surface area contributed by atoms with E-state index >= 15 is 0 Å². The predicted octanol–water partition coefficient (Wildman–Crippen LogP) is 12.0. The molecule has 0 aromatic heterocycles. The second-order valence-electron chi connectivity index (χ2n) is 16.5. The fourth-order valence-electron chi connectivity index (χ4n) is 10.7. The van der Waals surface area contributed by atoms with Crippen molar-refractivity contribution in [2.45, 2.75) is 91.9 Å². The van der Waals surface area contributed by atoms with Gasteiger partial charge in [0.05, 0.1) is 0 Å². The van der Waals surface area contributed by atoms with E-state index in [-0.39, 0.29) is 16.2 Å². The molecule has 0 heteroatoms. The molecule has 0 saturated heterocycles. The monoisotopic (exact) mass is 588 g/mol. The summed E-state index contributed by atoms with van der Waals surface area (Å²) in [4.78, 5) is 0. The van der Waals surface area contributed by atoms with Gasteiger partial charge >= 0.3 is 0 Å². The van der Waals surface area contributed by atoms with Gasteiger partial charge in [-0.1, -0.05) is 145 Å². The highest BCUT2D eigenvalue weighted by molar-refractivity contribution is 6.12. The number of fused-ring (bicyclic) bond motifs is 12. The zero-order valence-corrected chi connectivity index (χ0v) is 28.9. The molecule has 4 aliphatic carbocycles. The van der Waals surface area contributed by atoms with Crippen LogP contribution in [-0.4, -0.2) is 0 Å². The SMILES string of the molecule is CC1=CC2(c3ccc4c(c3-c3ccc5cc(CC(C)C)ccc5c32)C(C)(C)C2=C4C(C)(C)c3ccccc32)C(C(C)C)C(C)=C1. The molecule has 0 heterocycles. The van der Waals surface area contributed by atoms with Crippen molar-refractivity contribution in [3.05, 3.63) is 129 Å². The minimum Gasteiger partial charge on any atom is -0.0682 e. The third-order valence-electron chi connectivity index (χ3n) is 11.9. The van der Waals surface area contributed by atoms with E-state index < -0.39 is 0 Å². The van der Waals surface area contributed by atoms with Crippen LogP contribution in [0.3, 0.4) is 0 Å². The standard InChI is InChI=1S/C45H48/c1-25(2)21-29-15-17-31-30(23-29)16-18-33-37-36(45(39(31)33)24-27(5)22-28(6)38(45)26(3)4)20-19-34-40(37)44(9,10)41-32-13-11-12-14-35(32)43(7,8)42(34)41/h11-20,22-26,38H,21H2,1-10H3. The molecular weight excluding hydrogens is 540 g/mol. The normalized spacial score (nSPS) is 23.3. The van der Waals surface area contributed by atoms with Gasteiger partial charge in [-0.05, 0) is 110 Å². The Kier molecular flexibility index (Phi) is 5.90. The molecule has 45 heavy (non-hydrogen) atoms. The first-order valence-corrected chi connectivity index (χ1v) is 17.3. The maximum atomic E-state index is 2.66. The minimum atomic E-state index is -0.202. The largest absolute Gasteiger partial charge is 0.0682 e. The van der Waals surface area contributed by atoms with Crippen LogP contribution in [0.4, 0.5) is 0 Å². The first kappa shape index (κ1) is 28.8. The van der Waals surface area contributed by atoms with Crippen molar-refractivity contribution in [1.29, 1.82) is 0 Å². The Morgan fingerprint density at radius 3 is 2.13 bits per heavy atom. The highest BCUT2D eigenvalue weighted by Gasteiger charge is 2.56. The van der Waals surface area contributed by atoms with Gasteiger partial charge in [0.2, 0.25) is 0 Å². The molecule has 2 unspecified atom stereocenters. The van der Waals surface area contributed by atoms with Crippen molar-refractivity contribution in [3.8, 4) is 11.1 Å². The Hall–Kier alpha value is -3.64. The molecule has 0 radical (unpaired) electrons. The molecule has 2 atom stereocenters. The Balaban J connectivity index is 1.49. The maximum absolute atomic E-state index is 2.66. The van der Waals surface area contributed by atoms with E-state index in [9.17, 15) is 0 Å². The summed E-state index contributed by atoms with van der Waals surface area (Å²) < 4.78 is 0. The van der Waals surface area contributed by atoms with Crippen LogP contribution in [0.25, 0.3) is 33.0 Å². The van der Waals surface area contributed by atoms with Crippen LogP contribution < -0.4 is 0 Å². The maximum Gasteiger partial charge on any atom is 0.0473 e. The van der Waals surface area contributed by atoms with E-state index in [1.165, 1.54) is 66.4 Å². The Bertz CT molecular complexity index is 2050. The molecule has 228 valence electrons. The second-order valence-corrected chi connectivity index (χ2v) is 16.5. The van der Waals surface area contributed by atoms with Gasteiger partial charge in [-0.3, -0.25) is 0 Å². The minimum absolute atomic E-state index is 0.0286. The summed E-state index contributed by atoms with van der Waals surface area (Å²) in [6, 6.07) is 26.5. The van der Waals surface area contributed by atoms with Gasteiger partial charge in [0, 0.05) is 16.2 Å². The van der Waals surface area contributed by atoms with Gasteiger partial charge in [-0.2, -0.15) is 0 Å². The number of rotatable bonds is 3. The molecule has 4 aromatic rings. The zero-order valence-electron chi connectivity index (χ0n) is 28.9. The number of allylic oxidation sites excluding steroid dienone is 6. The Labute approximate surface area is 271 Å². The fourth-order valence-corrected chi connectivity index (χ4v) is 10.7. The average molecular weight is 589 g/mol. The summed E-state index contributed by atoms with van der Waals surface area (Å²) >= 11 is 0. The van der Waals surface area contributed by atoms with Crippen LogP contribution >= 0.6 is 0 Å². The fraction of sp³-hybridized carbons (Fsp3) is 0.378. The number of benzene rings is 4. The van der Waals surface area contributed by atoms with Crippen molar-refractivity contribution < 1.29 is 0 Å². The summed E-state index contributed by atoms with van der Waals surface area (Å²) in [6.45, 7) is 24.1. The summed E-state index contributed by atoms with van der Waals surface area (Å²) in [5.74, 6) is 1.53. The Morgan fingerprint density at radius 1 is 0.689 bits per heavy atom. The van der Waals surface area contributed by atoms with Crippen LogP contribution in [0, 0.1) is 17.8 Å². The quantitative estimate of drug-likeness (QED) is 0.223. The van der Waals surface area contributed by atoms with E-state index in [4.69, 9.17) is 0 Å². The second kappa shape index (κ2) is 9.22. The van der Waals surface area contributed by atoms with E-state index in [2.05, 4.69) is 148 Å². The van der Waals surface area contributed by atoms with Crippen molar-refractivity contribution in [1.82, 2.24) is 0 Å². The van der Waals surface area contributed by atoms with Gasteiger partial charge < -0.3 is 0 Å². The van der Waals surface area contributed by atoms with Gasteiger partial charge in [0.1, 0.15) is 0 Å². The average Bonchev–Trinajstić information content (AvgIpc) is 3.48. The van der Waals surface area contributed by atoms with Gasteiger partial charge in [-0.25, -0.2) is 0 Å². The first-order chi connectivity index (χ1) is 21.3. The molecule has 0 fully saturated rings. The lowest BCUT2D eigenvalue weighted by atomic mass is 9.58. The lowest BCUT2D eigenvalue weighted by Gasteiger charge is -2.44. The molecule has 1 spiro atoms. The summed E-state index contributed by atoms with van der Waals surface area (Å²) in [5.41, 5.74) is 19.0. The van der Waals surface area contributed by atoms with E-state index in [1.807, 2.05) is 0 Å². The van der Waals surface area contributed by atoms with Crippen molar-refractivity contribution in [3.63, 3.8) is 0 Å².